The first-order valence-corrected chi connectivity index (χ1v) is 9.70. The minimum Gasteiger partial charge on any atom is -0.494 e. The van der Waals surface area contributed by atoms with Crippen LogP contribution in [0.5, 0.6) is 5.75 Å². The molecule has 4 nitrogen and oxygen atoms in total. The third-order valence-electron chi connectivity index (χ3n) is 3.99. The second-order valence-electron chi connectivity index (χ2n) is 6.09. The van der Waals surface area contributed by atoms with E-state index in [0.29, 0.717) is 0 Å². The van der Waals surface area contributed by atoms with Gasteiger partial charge in [0.1, 0.15) is 5.75 Å². The topological polar surface area (TPSA) is 36.9 Å². The van der Waals surface area contributed by atoms with Crippen molar-refractivity contribution >= 4 is 41.3 Å². The summed E-state index contributed by atoms with van der Waals surface area (Å²) in [6, 6.07) is 12.5. The molecule has 0 atom stereocenters. The third kappa shape index (κ3) is 8.40. The molecular weight excluding hydrogens is 457 g/mol. The van der Waals surface area contributed by atoms with E-state index >= 15 is 0 Å². The number of halogens is 1. The van der Waals surface area contributed by atoms with Crippen LogP contribution in [-0.4, -0.2) is 44.7 Å². The lowest BCUT2D eigenvalue weighted by Gasteiger charge is -2.21. The van der Waals surface area contributed by atoms with Gasteiger partial charge in [-0.1, -0.05) is 23.8 Å². The maximum atomic E-state index is 5.75. The van der Waals surface area contributed by atoms with Crippen molar-refractivity contribution in [1.29, 1.82) is 0 Å². The molecule has 144 valence electrons. The average Bonchev–Trinajstić information content (AvgIpc) is 3.14. The van der Waals surface area contributed by atoms with Gasteiger partial charge in [-0.05, 0) is 49.8 Å². The van der Waals surface area contributed by atoms with E-state index < -0.39 is 0 Å². The Hall–Kier alpha value is -1.28. The molecule has 0 bridgehead atoms. The number of hydrogen-bond acceptors (Lipinski definition) is 3. The fourth-order valence-corrected chi connectivity index (χ4v) is 3.17. The zero-order chi connectivity index (χ0) is 17.9. The molecule has 1 N–H and O–H groups in total. The van der Waals surface area contributed by atoms with E-state index in [1.165, 1.54) is 10.4 Å². The van der Waals surface area contributed by atoms with Crippen LogP contribution >= 0.6 is 35.3 Å². The lowest BCUT2D eigenvalue weighted by Crippen LogP contribution is -2.40. The average molecular weight is 487 g/mol. The van der Waals surface area contributed by atoms with Crippen molar-refractivity contribution < 1.29 is 4.74 Å². The Balaban J connectivity index is 0.00000338. The highest BCUT2D eigenvalue weighted by Crippen LogP contribution is 2.12. The van der Waals surface area contributed by atoms with Crippen LogP contribution in [0.3, 0.4) is 0 Å². The Kier molecular flexibility index (Phi) is 11.4. The Morgan fingerprint density at radius 1 is 1.19 bits per heavy atom. The Morgan fingerprint density at radius 2 is 1.96 bits per heavy atom. The summed E-state index contributed by atoms with van der Waals surface area (Å²) in [4.78, 5) is 7.96. The van der Waals surface area contributed by atoms with Crippen LogP contribution in [-0.2, 0) is 6.42 Å². The molecule has 1 aromatic carbocycles. The molecule has 1 heterocycles. The van der Waals surface area contributed by atoms with Crippen molar-refractivity contribution in [3.05, 3.63) is 52.2 Å². The van der Waals surface area contributed by atoms with E-state index in [9.17, 15) is 0 Å². The van der Waals surface area contributed by atoms with E-state index in [2.05, 4.69) is 58.8 Å². The lowest BCUT2D eigenvalue weighted by atomic mass is 10.2. The summed E-state index contributed by atoms with van der Waals surface area (Å²) in [7, 11) is 3.92. The number of likely N-dealkylation sites (N-methyl/N-ethyl adjacent to an activating group) is 1. The van der Waals surface area contributed by atoms with Gasteiger partial charge in [0.25, 0.3) is 0 Å². The Labute approximate surface area is 178 Å². The van der Waals surface area contributed by atoms with Gasteiger partial charge >= 0.3 is 0 Å². The minimum atomic E-state index is 0. The second-order valence-corrected chi connectivity index (χ2v) is 7.13. The van der Waals surface area contributed by atoms with Crippen molar-refractivity contribution in [1.82, 2.24) is 10.2 Å². The number of aliphatic imine (C=N–C) groups is 1. The molecule has 2 rings (SSSR count). The molecule has 0 amide bonds. The largest absolute Gasteiger partial charge is 0.494 e. The van der Waals surface area contributed by atoms with Gasteiger partial charge in [-0.25, -0.2) is 0 Å². The molecule has 0 unspecified atom stereocenters. The van der Waals surface area contributed by atoms with E-state index in [0.717, 1.165) is 50.7 Å². The first-order valence-electron chi connectivity index (χ1n) is 8.82. The number of thiophene rings is 1. The number of guanidine groups is 1. The van der Waals surface area contributed by atoms with E-state index in [1.807, 2.05) is 30.5 Å². The van der Waals surface area contributed by atoms with Gasteiger partial charge in [0, 0.05) is 32.1 Å². The monoisotopic (exact) mass is 487 g/mol. The zero-order valence-corrected chi connectivity index (χ0v) is 19.1. The summed E-state index contributed by atoms with van der Waals surface area (Å²) >= 11 is 1.81. The lowest BCUT2D eigenvalue weighted by molar-refractivity contribution is 0.306. The standard InChI is InChI=1S/C20H29N3OS.HI/c1-17-8-10-18(11-9-17)24-15-5-4-13-22-20(21-2)23(3)14-12-19-7-6-16-25-19;/h6-11,16H,4-5,12-15H2,1-3H3,(H,21,22);1H. The summed E-state index contributed by atoms with van der Waals surface area (Å²) < 4.78 is 5.75. The number of unbranched alkanes of at least 4 members (excludes halogenated alkanes) is 1. The van der Waals surface area contributed by atoms with Crippen molar-refractivity contribution in [2.24, 2.45) is 4.99 Å². The predicted molar refractivity (Wildman–Crippen MR) is 123 cm³/mol. The maximum Gasteiger partial charge on any atom is 0.193 e. The number of aryl methyl sites for hydroxylation is 1. The predicted octanol–water partition coefficient (Wildman–Crippen LogP) is 4.58. The van der Waals surface area contributed by atoms with Gasteiger partial charge in [-0.2, -0.15) is 0 Å². The first-order chi connectivity index (χ1) is 12.2. The molecule has 2 aromatic rings. The third-order valence-corrected chi connectivity index (χ3v) is 4.93. The van der Waals surface area contributed by atoms with Gasteiger partial charge in [-0.15, -0.1) is 35.3 Å². The number of rotatable bonds is 9. The van der Waals surface area contributed by atoms with Crippen LogP contribution in [0, 0.1) is 6.92 Å². The molecular formula is C20H30IN3OS. The highest BCUT2D eigenvalue weighted by molar-refractivity contribution is 14.0. The van der Waals surface area contributed by atoms with Gasteiger partial charge in [0.05, 0.1) is 6.61 Å². The molecule has 0 spiro atoms. The van der Waals surface area contributed by atoms with E-state index in [1.54, 1.807) is 0 Å². The molecule has 0 aliphatic rings. The minimum absolute atomic E-state index is 0. The van der Waals surface area contributed by atoms with Crippen LogP contribution in [0.1, 0.15) is 23.3 Å². The number of benzene rings is 1. The number of ether oxygens (including phenoxy) is 1. The fraction of sp³-hybridized carbons (Fsp3) is 0.450. The summed E-state index contributed by atoms with van der Waals surface area (Å²) in [5.74, 6) is 1.90. The summed E-state index contributed by atoms with van der Waals surface area (Å²) in [6.45, 7) is 4.71. The molecule has 1 aromatic heterocycles. The smallest absolute Gasteiger partial charge is 0.193 e. The second kappa shape index (κ2) is 13.0. The van der Waals surface area contributed by atoms with Crippen molar-refractivity contribution in [3.8, 4) is 5.75 Å². The highest BCUT2D eigenvalue weighted by atomic mass is 127. The molecule has 0 fully saturated rings. The van der Waals surface area contributed by atoms with E-state index in [-0.39, 0.29) is 24.0 Å². The fourth-order valence-electron chi connectivity index (χ4n) is 2.48. The van der Waals surface area contributed by atoms with Crippen molar-refractivity contribution in [3.63, 3.8) is 0 Å². The summed E-state index contributed by atoms with van der Waals surface area (Å²) in [5, 5.41) is 5.56. The first kappa shape index (κ1) is 22.8. The molecule has 0 aliphatic carbocycles. The Morgan fingerprint density at radius 3 is 2.62 bits per heavy atom. The highest BCUT2D eigenvalue weighted by Gasteiger charge is 2.05. The van der Waals surface area contributed by atoms with Crippen LogP contribution < -0.4 is 10.1 Å². The SMILES string of the molecule is CN=C(NCCCCOc1ccc(C)cc1)N(C)CCc1cccs1.I. The van der Waals surface area contributed by atoms with E-state index in [4.69, 9.17) is 4.74 Å². The molecule has 0 radical (unpaired) electrons. The summed E-state index contributed by atoms with van der Waals surface area (Å²) in [5.41, 5.74) is 1.26. The van der Waals surface area contributed by atoms with Crippen molar-refractivity contribution in [2.75, 3.05) is 33.8 Å². The van der Waals surface area contributed by atoms with Gasteiger partial charge < -0.3 is 15.0 Å². The van der Waals surface area contributed by atoms with Crippen molar-refractivity contribution in [2.45, 2.75) is 26.2 Å². The maximum absolute atomic E-state index is 5.75. The normalized spacial score (nSPS) is 11.0. The number of hydrogen-bond donors (Lipinski definition) is 1. The van der Waals surface area contributed by atoms with Gasteiger partial charge in [0.15, 0.2) is 5.96 Å². The van der Waals surface area contributed by atoms with Crippen LogP contribution in [0.2, 0.25) is 0 Å². The van der Waals surface area contributed by atoms with Crippen LogP contribution in [0.25, 0.3) is 0 Å². The number of nitrogens with zero attached hydrogens (tertiary/aromatic N) is 2. The number of nitrogens with one attached hydrogen (secondary N) is 1. The summed E-state index contributed by atoms with van der Waals surface area (Å²) in [6.07, 6.45) is 3.14. The molecule has 0 saturated heterocycles. The molecule has 26 heavy (non-hydrogen) atoms. The molecule has 6 heteroatoms. The molecule has 0 aliphatic heterocycles. The van der Waals surface area contributed by atoms with Gasteiger partial charge in [0.2, 0.25) is 0 Å². The van der Waals surface area contributed by atoms with Gasteiger partial charge in [-0.3, -0.25) is 4.99 Å². The zero-order valence-electron chi connectivity index (χ0n) is 15.9. The Bertz CT molecular complexity index is 629. The van der Waals surface area contributed by atoms with Crippen LogP contribution in [0.4, 0.5) is 0 Å². The molecule has 0 saturated carbocycles. The quantitative estimate of drug-likeness (QED) is 0.244. The van der Waals surface area contributed by atoms with Crippen LogP contribution in [0.15, 0.2) is 46.8 Å².